The average molecular weight is 225 g/mol. The molecule has 0 fully saturated rings. The van der Waals surface area contributed by atoms with Crippen molar-refractivity contribution in [1.82, 2.24) is 0 Å². The van der Waals surface area contributed by atoms with Crippen molar-refractivity contribution in [3.05, 3.63) is 0 Å². The molecule has 0 aromatic heterocycles. The maximum absolute atomic E-state index is 8.75. The third-order valence-corrected chi connectivity index (χ3v) is 1.80. The Labute approximate surface area is 105 Å². The summed E-state index contributed by atoms with van der Waals surface area (Å²) >= 11 is 0. The summed E-state index contributed by atoms with van der Waals surface area (Å²) in [5, 5.41) is 8.75. The smallest absolute Gasteiger partial charge is 1.00 e. The number of hydrogen-bond donors (Lipinski definition) is 1. The minimum absolute atomic E-state index is 0. The maximum atomic E-state index is 8.75. The summed E-state index contributed by atoms with van der Waals surface area (Å²) < 4.78 is 0. The summed E-state index contributed by atoms with van der Waals surface area (Å²) in [4.78, 5) is 0. The van der Waals surface area contributed by atoms with Crippen LogP contribution in [-0.2, 0) is 0 Å². The number of unbranched alkanes of at least 4 members (excludes halogenated alkanes) is 1. The zero-order valence-electron chi connectivity index (χ0n) is 8.02. The van der Waals surface area contributed by atoms with E-state index in [0.717, 1.165) is 6.42 Å². The fourth-order valence-corrected chi connectivity index (χ4v) is 0.917. The molecular formula is C8H18Cl2MgO. The molecule has 1 nitrogen and oxygen atoms in total. The standard InChI is InChI=1S/C8H18O.2ClH.Mg/c1-3-5-6-8(4-2)7-9;;;/h8-9H,3-7H2,1-2H3;2*1H;/q;;;+2/p-2. The van der Waals surface area contributed by atoms with Gasteiger partial charge in [0.25, 0.3) is 0 Å². The largest absolute Gasteiger partial charge is 2.00 e. The number of hydrogen-bond acceptors (Lipinski definition) is 1. The molecule has 4 heteroatoms. The quantitative estimate of drug-likeness (QED) is 0.471. The van der Waals surface area contributed by atoms with Gasteiger partial charge in [-0.15, -0.1) is 0 Å². The van der Waals surface area contributed by atoms with Crippen LogP contribution in [0.2, 0.25) is 0 Å². The van der Waals surface area contributed by atoms with Gasteiger partial charge in [0.15, 0.2) is 0 Å². The molecule has 0 aromatic rings. The summed E-state index contributed by atoms with van der Waals surface area (Å²) in [7, 11) is 0. The molecule has 0 rings (SSSR count). The van der Waals surface area contributed by atoms with Crippen LogP contribution in [0, 0.1) is 5.92 Å². The number of aliphatic hydroxyl groups is 1. The Bertz CT molecular complexity index is 61.0. The van der Waals surface area contributed by atoms with E-state index in [1.165, 1.54) is 19.3 Å². The van der Waals surface area contributed by atoms with Gasteiger partial charge in [-0.05, 0) is 12.3 Å². The van der Waals surface area contributed by atoms with Crippen LogP contribution in [-0.4, -0.2) is 34.8 Å². The summed E-state index contributed by atoms with van der Waals surface area (Å²) in [5.74, 6) is 0.560. The molecule has 72 valence electrons. The van der Waals surface area contributed by atoms with Gasteiger partial charge < -0.3 is 29.9 Å². The molecule has 0 saturated heterocycles. The SMILES string of the molecule is CCCCC(CC)CO.[Cl-].[Cl-].[Mg+2]. The van der Waals surface area contributed by atoms with Crippen molar-refractivity contribution in [3.8, 4) is 0 Å². The van der Waals surface area contributed by atoms with E-state index < -0.39 is 0 Å². The summed E-state index contributed by atoms with van der Waals surface area (Å²) in [6.45, 7) is 4.69. The van der Waals surface area contributed by atoms with Crippen molar-refractivity contribution >= 4 is 23.1 Å². The third-order valence-electron chi connectivity index (χ3n) is 1.80. The van der Waals surface area contributed by atoms with Gasteiger partial charge in [0.2, 0.25) is 0 Å². The van der Waals surface area contributed by atoms with Crippen molar-refractivity contribution in [3.63, 3.8) is 0 Å². The minimum atomic E-state index is 0. The fourth-order valence-electron chi connectivity index (χ4n) is 0.917. The summed E-state index contributed by atoms with van der Waals surface area (Å²) in [5.41, 5.74) is 0. The molecule has 0 saturated carbocycles. The number of halogens is 2. The topological polar surface area (TPSA) is 20.2 Å². The minimum Gasteiger partial charge on any atom is -1.00 e. The third kappa shape index (κ3) is 13.9. The van der Waals surface area contributed by atoms with Gasteiger partial charge >= 0.3 is 23.1 Å². The Balaban J connectivity index is -0.000000107. The normalized spacial score (nSPS) is 10.2. The molecule has 0 spiro atoms. The van der Waals surface area contributed by atoms with Crippen LogP contribution in [0.3, 0.4) is 0 Å². The van der Waals surface area contributed by atoms with Crippen LogP contribution in [0.15, 0.2) is 0 Å². The van der Waals surface area contributed by atoms with E-state index in [0.29, 0.717) is 12.5 Å². The van der Waals surface area contributed by atoms with E-state index in [2.05, 4.69) is 13.8 Å². The van der Waals surface area contributed by atoms with Gasteiger partial charge in [0.05, 0.1) is 0 Å². The second kappa shape index (κ2) is 18.2. The Morgan fingerprint density at radius 1 is 1.17 bits per heavy atom. The van der Waals surface area contributed by atoms with Crippen LogP contribution >= 0.6 is 0 Å². The molecule has 0 aliphatic carbocycles. The van der Waals surface area contributed by atoms with E-state index in [-0.39, 0.29) is 47.9 Å². The molecule has 0 radical (unpaired) electrons. The molecule has 0 aromatic carbocycles. The predicted molar refractivity (Wildman–Crippen MR) is 46.1 cm³/mol. The zero-order valence-corrected chi connectivity index (χ0v) is 10.9. The zero-order chi connectivity index (χ0) is 7.11. The Morgan fingerprint density at radius 2 is 1.67 bits per heavy atom. The molecule has 0 heterocycles. The van der Waals surface area contributed by atoms with Gasteiger partial charge in [-0.1, -0.05) is 33.1 Å². The number of aliphatic hydroxyl groups excluding tert-OH is 1. The second-order valence-electron chi connectivity index (χ2n) is 2.60. The molecule has 1 unspecified atom stereocenters. The number of rotatable bonds is 5. The van der Waals surface area contributed by atoms with Crippen molar-refractivity contribution in [1.29, 1.82) is 0 Å². The van der Waals surface area contributed by atoms with Crippen molar-refractivity contribution in [2.45, 2.75) is 39.5 Å². The van der Waals surface area contributed by atoms with Gasteiger partial charge in [-0.3, -0.25) is 0 Å². The Morgan fingerprint density at radius 3 is 1.92 bits per heavy atom. The molecule has 12 heavy (non-hydrogen) atoms. The first-order chi connectivity index (χ1) is 4.35. The van der Waals surface area contributed by atoms with Crippen molar-refractivity contribution in [2.24, 2.45) is 5.92 Å². The van der Waals surface area contributed by atoms with E-state index in [9.17, 15) is 0 Å². The van der Waals surface area contributed by atoms with Gasteiger partial charge in [0.1, 0.15) is 0 Å². The van der Waals surface area contributed by atoms with Crippen LogP contribution in [0.25, 0.3) is 0 Å². The molecule has 0 aliphatic heterocycles. The molecule has 0 amide bonds. The first-order valence-corrected chi connectivity index (χ1v) is 3.96. The first kappa shape index (κ1) is 23.3. The van der Waals surface area contributed by atoms with Crippen LogP contribution in [0.4, 0.5) is 0 Å². The average Bonchev–Trinajstić information content (AvgIpc) is 1.91. The van der Waals surface area contributed by atoms with E-state index in [4.69, 9.17) is 5.11 Å². The molecule has 1 atom stereocenters. The molecule has 0 bridgehead atoms. The second-order valence-corrected chi connectivity index (χ2v) is 2.60. The van der Waals surface area contributed by atoms with Crippen LogP contribution in [0.5, 0.6) is 0 Å². The van der Waals surface area contributed by atoms with Gasteiger partial charge in [-0.2, -0.15) is 0 Å². The maximum Gasteiger partial charge on any atom is 2.00 e. The van der Waals surface area contributed by atoms with Gasteiger partial charge in [-0.25, -0.2) is 0 Å². The fraction of sp³-hybridized carbons (Fsp3) is 1.00. The van der Waals surface area contributed by atoms with Crippen LogP contribution in [0.1, 0.15) is 39.5 Å². The summed E-state index contributed by atoms with van der Waals surface area (Å²) in [6, 6.07) is 0. The predicted octanol–water partition coefficient (Wildman–Crippen LogP) is -4.18. The van der Waals surface area contributed by atoms with Crippen molar-refractivity contribution < 1.29 is 29.9 Å². The Kier molecular flexibility index (Phi) is 35.2. The molecule has 0 aliphatic rings. The monoisotopic (exact) mass is 224 g/mol. The van der Waals surface area contributed by atoms with Gasteiger partial charge in [0, 0.05) is 6.61 Å². The Hall–Kier alpha value is 1.31. The summed E-state index contributed by atoms with van der Waals surface area (Å²) in [6.07, 6.45) is 4.83. The van der Waals surface area contributed by atoms with Crippen LogP contribution < -0.4 is 24.8 Å². The molecule has 1 N–H and O–H groups in total. The van der Waals surface area contributed by atoms with E-state index >= 15 is 0 Å². The van der Waals surface area contributed by atoms with E-state index in [1.54, 1.807) is 0 Å². The van der Waals surface area contributed by atoms with E-state index in [1.807, 2.05) is 0 Å². The van der Waals surface area contributed by atoms with Crippen molar-refractivity contribution in [2.75, 3.05) is 6.61 Å². The first-order valence-electron chi connectivity index (χ1n) is 3.96. The molecular weight excluding hydrogens is 207 g/mol.